The molecular weight excluding hydrogens is 180 g/mol. The van der Waals surface area contributed by atoms with Crippen LogP contribution in [0.3, 0.4) is 0 Å². The Morgan fingerprint density at radius 2 is 2.23 bits per heavy atom. The third-order valence-corrected chi connectivity index (χ3v) is 2.79. The fourth-order valence-corrected chi connectivity index (χ4v) is 1.74. The van der Waals surface area contributed by atoms with Crippen LogP contribution in [0.2, 0.25) is 5.02 Å². The molecule has 0 spiro atoms. The second-order valence-corrected chi connectivity index (χ2v) is 3.78. The SMILES string of the molecule is C=CCC(C)c1cccc(C)c1Cl. The topological polar surface area (TPSA) is 0 Å². The molecule has 0 saturated heterocycles. The van der Waals surface area contributed by atoms with Crippen LogP contribution >= 0.6 is 11.6 Å². The summed E-state index contributed by atoms with van der Waals surface area (Å²) in [5.41, 5.74) is 2.37. The third-order valence-electron chi connectivity index (χ3n) is 2.27. The first-order valence-electron chi connectivity index (χ1n) is 4.52. The summed E-state index contributed by atoms with van der Waals surface area (Å²) in [6.07, 6.45) is 2.91. The monoisotopic (exact) mass is 194 g/mol. The maximum absolute atomic E-state index is 6.19. The predicted molar refractivity (Wildman–Crippen MR) is 59.4 cm³/mol. The van der Waals surface area contributed by atoms with Crippen molar-refractivity contribution >= 4 is 11.6 Å². The zero-order chi connectivity index (χ0) is 9.84. The smallest absolute Gasteiger partial charge is 0.0469 e. The molecule has 0 aliphatic carbocycles. The highest BCUT2D eigenvalue weighted by Crippen LogP contribution is 2.29. The van der Waals surface area contributed by atoms with E-state index in [1.54, 1.807) is 0 Å². The van der Waals surface area contributed by atoms with Gasteiger partial charge < -0.3 is 0 Å². The predicted octanol–water partition coefficient (Wildman–Crippen LogP) is 4.33. The first-order valence-corrected chi connectivity index (χ1v) is 4.90. The van der Waals surface area contributed by atoms with Gasteiger partial charge in [0.1, 0.15) is 0 Å². The molecule has 0 bridgehead atoms. The summed E-state index contributed by atoms with van der Waals surface area (Å²) in [5, 5.41) is 0.900. The van der Waals surface area contributed by atoms with Crippen molar-refractivity contribution < 1.29 is 0 Å². The summed E-state index contributed by atoms with van der Waals surface area (Å²) in [7, 11) is 0. The molecule has 0 fully saturated rings. The van der Waals surface area contributed by atoms with Crippen molar-refractivity contribution in [1.29, 1.82) is 0 Å². The van der Waals surface area contributed by atoms with Gasteiger partial charge in [-0.25, -0.2) is 0 Å². The van der Waals surface area contributed by atoms with Crippen molar-refractivity contribution in [3.05, 3.63) is 47.0 Å². The van der Waals surface area contributed by atoms with Crippen molar-refractivity contribution in [1.82, 2.24) is 0 Å². The van der Waals surface area contributed by atoms with Crippen molar-refractivity contribution in [2.24, 2.45) is 0 Å². The minimum absolute atomic E-state index is 0.463. The third kappa shape index (κ3) is 2.35. The van der Waals surface area contributed by atoms with Crippen LogP contribution in [-0.4, -0.2) is 0 Å². The van der Waals surface area contributed by atoms with E-state index in [9.17, 15) is 0 Å². The molecule has 1 aromatic rings. The van der Waals surface area contributed by atoms with Gasteiger partial charge in [0.2, 0.25) is 0 Å². The van der Waals surface area contributed by atoms with E-state index in [1.165, 1.54) is 5.56 Å². The van der Waals surface area contributed by atoms with E-state index in [1.807, 2.05) is 19.1 Å². The highest BCUT2D eigenvalue weighted by molar-refractivity contribution is 6.32. The molecule has 0 N–H and O–H groups in total. The fourth-order valence-electron chi connectivity index (χ4n) is 1.43. The Balaban J connectivity index is 3.00. The van der Waals surface area contributed by atoms with Gasteiger partial charge in [0.05, 0.1) is 0 Å². The van der Waals surface area contributed by atoms with Crippen LogP contribution in [0.15, 0.2) is 30.9 Å². The zero-order valence-electron chi connectivity index (χ0n) is 8.18. The standard InChI is InChI=1S/C12H15Cl/c1-4-6-9(2)11-8-5-7-10(3)12(11)13/h4-5,7-9H,1,6H2,2-3H3. The summed E-state index contributed by atoms with van der Waals surface area (Å²) in [5.74, 6) is 0.463. The van der Waals surface area contributed by atoms with E-state index in [2.05, 4.69) is 25.6 Å². The van der Waals surface area contributed by atoms with Crippen LogP contribution in [0.1, 0.15) is 30.4 Å². The number of hydrogen-bond donors (Lipinski definition) is 0. The Hall–Kier alpha value is -0.750. The van der Waals surface area contributed by atoms with Gasteiger partial charge in [-0.1, -0.05) is 42.8 Å². The molecule has 13 heavy (non-hydrogen) atoms. The van der Waals surface area contributed by atoms with Gasteiger partial charge in [-0.2, -0.15) is 0 Å². The van der Waals surface area contributed by atoms with Crippen molar-refractivity contribution in [2.75, 3.05) is 0 Å². The molecular formula is C12H15Cl. The van der Waals surface area contributed by atoms with Crippen LogP contribution in [0.25, 0.3) is 0 Å². The first kappa shape index (κ1) is 10.3. The second-order valence-electron chi connectivity index (χ2n) is 3.40. The molecule has 70 valence electrons. The van der Waals surface area contributed by atoms with Crippen LogP contribution in [0.4, 0.5) is 0 Å². The molecule has 1 unspecified atom stereocenters. The number of rotatable bonds is 3. The van der Waals surface area contributed by atoms with Crippen LogP contribution in [0, 0.1) is 6.92 Å². The number of hydrogen-bond acceptors (Lipinski definition) is 0. The quantitative estimate of drug-likeness (QED) is 0.629. The molecule has 1 atom stereocenters. The molecule has 0 nitrogen and oxygen atoms in total. The van der Waals surface area contributed by atoms with Crippen LogP contribution < -0.4 is 0 Å². The van der Waals surface area contributed by atoms with E-state index in [-0.39, 0.29) is 0 Å². The van der Waals surface area contributed by atoms with Gasteiger partial charge in [0, 0.05) is 5.02 Å². The van der Waals surface area contributed by atoms with E-state index < -0.39 is 0 Å². The van der Waals surface area contributed by atoms with Gasteiger partial charge in [0.15, 0.2) is 0 Å². The summed E-state index contributed by atoms with van der Waals surface area (Å²) < 4.78 is 0. The molecule has 0 heterocycles. The lowest BCUT2D eigenvalue weighted by atomic mass is 9.96. The fraction of sp³-hybridized carbons (Fsp3) is 0.333. The van der Waals surface area contributed by atoms with Crippen LogP contribution in [-0.2, 0) is 0 Å². The van der Waals surface area contributed by atoms with E-state index >= 15 is 0 Å². The van der Waals surface area contributed by atoms with Gasteiger partial charge in [-0.3, -0.25) is 0 Å². The molecule has 0 amide bonds. The Kier molecular flexibility index (Phi) is 3.56. The number of aryl methyl sites for hydroxylation is 1. The molecule has 1 heteroatoms. The lowest BCUT2D eigenvalue weighted by Gasteiger charge is -2.12. The lowest BCUT2D eigenvalue weighted by Crippen LogP contribution is -1.94. The molecule has 0 aromatic heterocycles. The maximum Gasteiger partial charge on any atom is 0.0469 e. The lowest BCUT2D eigenvalue weighted by molar-refractivity contribution is 0.781. The Bertz CT molecular complexity index is 302. The van der Waals surface area contributed by atoms with E-state index in [0.717, 1.165) is 17.0 Å². The van der Waals surface area contributed by atoms with Crippen LogP contribution in [0.5, 0.6) is 0 Å². The minimum Gasteiger partial charge on any atom is -0.103 e. The summed E-state index contributed by atoms with van der Waals surface area (Å²) in [6.45, 7) is 7.94. The first-order chi connectivity index (χ1) is 6.16. The molecule has 0 radical (unpaired) electrons. The van der Waals surface area contributed by atoms with Gasteiger partial charge in [-0.05, 0) is 30.4 Å². The zero-order valence-corrected chi connectivity index (χ0v) is 8.93. The average molecular weight is 195 g/mol. The van der Waals surface area contributed by atoms with Gasteiger partial charge >= 0.3 is 0 Å². The largest absolute Gasteiger partial charge is 0.103 e. The highest BCUT2D eigenvalue weighted by Gasteiger charge is 2.08. The number of halogens is 1. The number of benzene rings is 1. The Morgan fingerprint density at radius 1 is 1.54 bits per heavy atom. The highest BCUT2D eigenvalue weighted by atomic mass is 35.5. The Labute approximate surface area is 85.2 Å². The van der Waals surface area contributed by atoms with Gasteiger partial charge in [-0.15, -0.1) is 6.58 Å². The molecule has 0 saturated carbocycles. The van der Waals surface area contributed by atoms with Crippen molar-refractivity contribution in [2.45, 2.75) is 26.2 Å². The molecule has 1 rings (SSSR count). The summed E-state index contributed by atoms with van der Waals surface area (Å²) in [6, 6.07) is 6.17. The minimum atomic E-state index is 0.463. The normalized spacial score (nSPS) is 12.5. The van der Waals surface area contributed by atoms with Gasteiger partial charge in [0.25, 0.3) is 0 Å². The van der Waals surface area contributed by atoms with E-state index in [4.69, 9.17) is 11.6 Å². The van der Waals surface area contributed by atoms with Crippen molar-refractivity contribution in [3.8, 4) is 0 Å². The average Bonchev–Trinajstić information content (AvgIpc) is 2.10. The number of allylic oxidation sites excluding steroid dienone is 1. The summed E-state index contributed by atoms with van der Waals surface area (Å²) >= 11 is 6.19. The Morgan fingerprint density at radius 3 is 2.85 bits per heavy atom. The molecule has 0 aliphatic rings. The summed E-state index contributed by atoms with van der Waals surface area (Å²) in [4.78, 5) is 0. The molecule has 1 aromatic carbocycles. The van der Waals surface area contributed by atoms with Crippen molar-refractivity contribution in [3.63, 3.8) is 0 Å². The maximum atomic E-state index is 6.19. The second kappa shape index (κ2) is 4.48. The van der Waals surface area contributed by atoms with E-state index in [0.29, 0.717) is 5.92 Å². The molecule has 0 aliphatic heterocycles.